The zero-order valence-corrected chi connectivity index (χ0v) is 14.8. The highest BCUT2D eigenvalue weighted by molar-refractivity contribution is 8.15. The molecule has 0 bridgehead atoms. The zero-order valence-electron chi connectivity index (χ0n) is 14.0. The Balaban J connectivity index is 1.70. The van der Waals surface area contributed by atoms with Crippen LogP contribution in [-0.4, -0.2) is 22.3 Å². The maximum absolute atomic E-state index is 12.6. The number of aryl methyl sites for hydroxylation is 2. The second-order valence-electron chi connectivity index (χ2n) is 5.95. The summed E-state index contributed by atoms with van der Waals surface area (Å²) in [6.45, 7) is 3.78. The van der Waals surface area contributed by atoms with Crippen molar-refractivity contribution in [3.63, 3.8) is 0 Å². The van der Waals surface area contributed by atoms with Crippen molar-refractivity contribution in [2.24, 2.45) is 0 Å². The number of para-hydroxylation sites is 1. The summed E-state index contributed by atoms with van der Waals surface area (Å²) in [7, 11) is 0. The lowest BCUT2D eigenvalue weighted by Gasteiger charge is -2.16. The Hall–Kier alpha value is -2.60. The number of benzene rings is 2. The van der Waals surface area contributed by atoms with Crippen LogP contribution in [0.5, 0.6) is 0 Å². The standard InChI is InChI=1S/C19H18N2O3S/c1-12-6-5-8-14(10-12)20-17(22)11-16-18(23)21(19(24)25-16)15-9-4-3-7-13(15)2/h3-10,16H,11H2,1-2H3,(H,20,22)/t16-/m1/s1. The number of carbonyl (C=O) groups is 3. The van der Waals surface area contributed by atoms with Gasteiger partial charge in [0, 0.05) is 12.1 Å². The molecule has 1 N–H and O–H groups in total. The van der Waals surface area contributed by atoms with Gasteiger partial charge >= 0.3 is 0 Å². The Morgan fingerprint density at radius 1 is 1.12 bits per heavy atom. The first-order chi connectivity index (χ1) is 12.0. The van der Waals surface area contributed by atoms with Crippen LogP contribution in [0.15, 0.2) is 48.5 Å². The molecule has 25 heavy (non-hydrogen) atoms. The van der Waals surface area contributed by atoms with E-state index in [1.807, 2.05) is 44.2 Å². The molecule has 1 heterocycles. The Morgan fingerprint density at radius 2 is 1.88 bits per heavy atom. The molecule has 1 aliphatic heterocycles. The average molecular weight is 354 g/mol. The van der Waals surface area contributed by atoms with Gasteiger partial charge in [0.25, 0.3) is 5.24 Å². The summed E-state index contributed by atoms with van der Waals surface area (Å²) in [5.41, 5.74) is 3.13. The largest absolute Gasteiger partial charge is 0.326 e. The van der Waals surface area contributed by atoms with E-state index in [9.17, 15) is 14.4 Å². The lowest BCUT2D eigenvalue weighted by Crippen LogP contribution is -2.33. The number of rotatable bonds is 4. The molecule has 128 valence electrons. The van der Waals surface area contributed by atoms with Gasteiger partial charge in [0.05, 0.1) is 5.69 Å². The van der Waals surface area contributed by atoms with E-state index in [4.69, 9.17) is 0 Å². The van der Waals surface area contributed by atoms with Crippen molar-refractivity contribution < 1.29 is 14.4 Å². The molecule has 0 spiro atoms. The number of imide groups is 1. The fraction of sp³-hybridized carbons (Fsp3) is 0.211. The van der Waals surface area contributed by atoms with Crippen molar-refractivity contribution in [1.29, 1.82) is 0 Å². The Bertz CT molecular complexity index is 850. The fourth-order valence-corrected chi connectivity index (χ4v) is 3.70. The van der Waals surface area contributed by atoms with Gasteiger partial charge in [0.1, 0.15) is 5.25 Å². The van der Waals surface area contributed by atoms with Crippen LogP contribution in [0.2, 0.25) is 0 Å². The summed E-state index contributed by atoms with van der Waals surface area (Å²) in [4.78, 5) is 38.3. The third kappa shape index (κ3) is 3.74. The monoisotopic (exact) mass is 354 g/mol. The summed E-state index contributed by atoms with van der Waals surface area (Å²) in [6, 6.07) is 14.6. The Kier molecular flexibility index (Phi) is 4.90. The number of nitrogens with one attached hydrogen (secondary N) is 1. The molecular formula is C19H18N2O3S. The molecule has 3 amide bonds. The van der Waals surface area contributed by atoms with E-state index in [2.05, 4.69) is 5.32 Å². The molecule has 0 aromatic heterocycles. The van der Waals surface area contributed by atoms with E-state index in [-0.39, 0.29) is 23.5 Å². The predicted octanol–water partition coefficient (Wildman–Crippen LogP) is 3.90. The molecule has 0 radical (unpaired) electrons. The second-order valence-corrected chi connectivity index (χ2v) is 7.11. The number of amides is 3. The van der Waals surface area contributed by atoms with Crippen molar-refractivity contribution in [1.82, 2.24) is 0 Å². The van der Waals surface area contributed by atoms with Crippen LogP contribution < -0.4 is 10.2 Å². The first-order valence-electron chi connectivity index (χ1n) is 7.92. The number of carbonyl (C=O) groups excluding carboxylic acids is 3. The van der Waals surface area contributed by atoms with Gasteiger partial charge in [-0.2, -0.15) is 0 Å². The lowest BCUT2D eigenvalue weighted by molar-refractivity contribution is -0.121. The third-order valence-corrected chi connectivity index (χ3v) is 4.99. The molecule has 0 aliphatic carbocycles. The minimum absolute atomic E-state index is 0.0361. The van der Waals surface area contributed by atoms with Crippen molar-refractivity contribution >= 4 is 40.2 Å². The SMILES string of the molecule is Cc1cccc(NC(=O)C[C@H]2SC(=O)N(c3ccccc3C)C2=O)c1. The van der Waals surface area contributed by atoms with Gasteiger partial charge in [-0.15, -0.1) is 0 Å². The Morgan fingerprint density at radius 3 is 2.60 bits per heavy atom. The molecular weight excluding hydrogens is 336 g/mol. The third-order valence-electron chi connectivity index (χ3n) is 3.95. The number of nitrogens with zero attached hydrogens (tertiary/aromatic N) is 1. The lowest BCUT2D eigenvalue weighted by atomic mass is 10.1. The molecule has 2 aromatic rings. The van der Waals surface area contributed by atoms with Crippen LogP contribution in [0.4, 0.5) is 16.2 Å². The predicted molar refractivity (Wildman–Crippen MR) is 99.9 cm³/mol. The summed E-state index contributed by atoms with van der Waals surface area (Å²) < 4.78 is 0. The van der Waals surface area contributed by atoms with Crippen molar-refractivity contribution in [2.45, 2.75) is 25.5 Å². The van der Waals surface area contributed by atoms with Crippen LogP contribution >= 0.6 is 11.8 Å². The molecule has 1 atom stereocenters. The highest BCUT2D eigenvalue weighted by Gasteiger charge is 2.41. The van der Waals surface area contributed by atoms with Gasteiger partial charge in [0.2, 0.25) is 11.8 Å². The quantitative estimate of drug-likeness (QED) is 0.904. The molecule has 2 aromatic carbocycles. The molecule has 0 unspecified atom stereocenters. The van der Waals surface area contributed by atoms with E-state index < -0.39 is 5.25 Å². The highest BCUT2D eigenvalue weighted by atomic mass is 32.2. The van der Waals surface area contributed by atoms with E-state index in [1.165, 1.54) is 4.90 Å². The normalized spacial score (nSPS) is 17.0. The first-order valence-corrected chi connectivity index (χ1v) is 8.80. The van der Waals surface area contributed by atoms with Gasteiger partial charge in [0.15, 0.2) is 0 Å². The van der Waals surface area contributed by atoms with Gasteiger partial charge in [-0.25, -0.2) is 4.90 Å². The fourth-order valence-electron chi connectivity index (χ4n) is 2.72. The van der Waals surface area contributed by atoms with Crippen molar-refractivity contribution in [2.75, 3.05) is 10.2 Å². The number of thioether (sulfide) groups is 1. The van der Waals surface area contributed by atoms with Crippen LogP contribution in [0, 0.1) is 13.8 Å². The van der Waals surface area contributed by atoms with Crippen LogP contribution in [-0.2, 0) is 9.59 Å². The van der Waals surface area contributed by atoms with E-state index in [1.54, 1.807) is 18.2 Å². The number of hydrogen-bond acceptors (Lipinski definition) is 4. The molecule has 6 heteroatoms. The minimum atomic E-state index is -0.697. The summed E-state index contributed by atoms with van der Waals surface area (Å²) in [6.07, 6.45) is -0.0361. The summed E-state index contributed by atoms with van der Waals surface area (Å²) in [5, 5.41) is 1.74. The van der Waals surface area contributed by atoms with Gasteiger partial charge in [-0.05, 0) is 54.9 Å². The average Bonchev–Trinajstić information content (AvgIpc) is 2.82. The number of hydrogen-bond donors (Lipinski definition) is 1. The van der Waals surface area contributed by atoms with Gasteiger partial charge in [-0.1, -0.05) is 30.3 Å². The van der Waals surface area contributed by atoms with Gasteiger partial charge < -0.3 is 5.32 Å². The van der Waals surface area contributed by atoms with E-state index in [0.29, 0.717) is 11.4 Å². The van der Waals surface area contributed by atoms with Crippen LogP contribution in [0.3, 0.4) is 0 Å². The first kappa shape index (κ1) is 17.2. The number of anilines is 2. The molecule has 1 aliphatic rings. The highest BCUT2D eigenvalue weighted by Crippen LogP contribution is 2.34. The molecule has 0 saturated carbocycles. The van der Waals surface area contributed by atoms with Crippen molar-refractivity contribution in [3.8, 4) is 0 Å². The zero-order chi connectivity index (χ0) is 18.0. The second kappa shape index (κ2) is 7.11. The van der Waals surface area contributed by atoms with Crippen LogP contribution in [0.1, 0.15) is 17.5 Å². The molecule has 1 saturated heterocycles. The topological polar surface area (TPSA) is 66.5 Å². The maximum Gasteiger partial charge on any atom is 0.293 e. The molecule has 1 fully saturated rings. The minimum Gasteiger partial charge on any atom is -0.326 e. The van der Waals surface area contributed by atoms with Crippen molar-refractivity contribution in [3.05, 3.63) is 59.7 Å². The Labute approximate surface area is 150 Å². The van der Waals surface area contributed by atoms with E-state index >= 15 is 0 Å². The summed E-state index contributed by atoms with van der Waals surface area (Å²) in [5.74, 6) is -0.625. The van der Waals surface area contributed by atoms with Gasteiger partial charge in [-0.3, -0.25) is 14.4 Å². The summed E-state index contributed by atoms with van der Waals surface area (Å²) >= 11 is 0.904. The smallest absolute Gasteiger partial charge is 0.293 e. The molecule has 3 rings (SSSR count). The maximum atomic E-state index is 12.6. The molecule has 5 nitrogen and oxygen atoms in total. The van der Waals surface area contributed by atoms with Crippen LogP contribution in [0.25, 0.3) is 0 Å². The van der Waals surface area contributed by atoms with E-state index in [0.717, 1.165) is 22.9 Å².